The van der Waals surface area contributed by atoms with Crippen molar-refractivity contribution < 1.29 is 19.1 Å². The Morgan fingerprint density at radius 3 is 1.57 bits per heavy atom. The zero-order valence-electron chi connectivity index (χ0n) is 24.9. The van der Waals surface area contributed by atoms with E-state index in [1.807, 2.05) is 36.4 Å². The minimum atomic E-state index is -2.59. The van der Waals surface area contributed by atoms with Gasteiger partial charge < -0.3 is 0 Å². The van der Waals surface area contributed by atoms with Gasteiger partial charge >= 0.3 is 247 Å². The fourth-order valence-electron chi connectivity index (χ4n) is 5.86. The summed E-state index contributed by atoms with van der Waals surface area (Å²) in [7, 11) is 0. The van der Waals surface area contributed by atoms with Crippen molar-refractivity contribution in [3.05, 3.63) is 93.6 Å². The predicted molar refractivity (Wildman–Crippen MR) is 167 cm³/mol. The molecule has 0 spiro atoms. The molecule has 1 aliphatic carbocycles. The van der Waals surface area contributed by atoms with E-state index in [9.17, 15) is 9.59 Å². The van der Waals surface area contributed by atoms with E-state index in [1.165, 1.54) is 57.4 Å². The number of hydrogen-bond donors (Lipinski definition) is 0. The maximum absolute atomic E-state index is 12.9. The van der Waals surface area contributed by atoms with E-state index >= 15 is 0 Å². The Bertz CT molecular complexity index is 1050. The quantitative estimate of drug-likeness (QED) is 0.134. The number of allylic oxidation sites excluding steroid dienone is 2. The normalized spacial score (nSPS) is 15.8. The van der Waals surface area contributed by atoms with Crippen LogP contribution in [0.1, 0.15) is 92.9 Å². The van der Waals surface area contributed by atoms with E-state index in [0.29, 0.717) is 17.5 Å². The summed E-state index contributed by atoms with van der Waals surface area (Å²) in [6, 6.07) is 18.2. The molecule has 1 saturated carbocycles. The van der Waals surface area contributed by atoms with Crippen LogP contribution in [0.3, 0.4) is 0 Å². The molecule has 40 heavy (non-hydrogen) atoms. The van der Waals surface area contributed by atoms with Crippen molar-refractivity contribution in [2.24, 2.45) is 5.41 Å². The fourth-order valence-corrected chi connectivity index (χ4v) is 21.3. The van der Waals surface area contributed by atoms with Crippen molar-refractivity contribution in [2.45, 2.75) is 85.4 Å². The molecule has 0 unspecified atom stereocenters. The van der Waals surface area contributed by atoms with Crippen LogP contribution in [-0.2, 0) is 9.47 Å². The number of ether oxygens (including phenoxy) is 2. The molecule has 0 aliphatic heterocycles. The maximum atomic E-state index is 12.9. The van der Waals surface area contributed by atoms with Crippen LogP contribution in [0.2, 0.25) is 13.3 Å². The summed E-state index contributed by atoms with van der Waals surface area (Å²) in [5.41, 5.74) is 3.01. The summed E-state index contributed by atoms with van der Waals surface area (Å²) in [6.07, 6.45) is 9.00. The summed E-state index contributed by atoms with van der Waals surface area (Å²) >= 11 is -2.59. The number of hydrogen-bond acceptors (Lipinski definition) is 4. The van der Waals surface area contributed by atoms with Gasteiger partial charge in [0, 0.05) is 0 Å². The summed E-state index contributed by atoms with van der Waals surface area (Å²) in [4.78, 5) is 25.8. The van der Waals surface area contributed by atoms with Gasteiger partial charge in [0.05, 0.1) is 0 Å². The van der Waals surface area contributed by atoms with E-state index in [-0.39, 0.29) is 25.2 Å². The van der Waals surface area contributed by atoms with Crippen LogP contribution in [0, 0.1) is 5.41 Å². The predicted octanol–water partition coefficient (Wildman–Crippen LogP) is 9.35. The SMILES string of the molecule is C=C1CC(COC(=O)c2ccccc2)(COC(=O)c2ccccc2)C/C1=[CH]/[Sn]([CH2]CCC)([CH2]CCC)[CH2]CCC. The van der Waals surface area contributed by atoms with Crippen LogP contribution < -0.4 is 0 Å². The zero-order valence-corrected chi connectivity index (χ0v) is 27.7. The molecule has 1 fully saturated rings. The fraction of sp³-hybridized carbons (Fsp3) is 0.486. The zero-order chi connectivity index (χ0) is 28.8. The Balaban J connectivity index is 1.88. The topological polar surface area (TPSA) is 52.6 Å². The monoisotopic (exact) mass is 652 g/mol. The molecule has 0 radical (unpaired) electrons. The standard InChI is InChI=1S/C23H21O4.3C4H9.Sn/c1-17-13-23(14-18(17)2,15-26-21(24)19-9-5-3-6-10-19)16-27-22(25)20-11-7-4-8-12-20;3*1-3-4-2;/h1,3-12H,2,13-16H2;3*1,3-4H2,2H3;. The van der Waals surface area contributed by atoms with Crippen molar-refractivity contribution in [3.8, 4) is 0 Å². The Morgan fingerprint density at radius 2 is 1.18 bits per heavy atom. The number of carbonyl (C=O) groups excluding carboxylic acids is 2. The Morgan fingerprint density at radius 1 is 0.750 bits per heavy atom. The average molecular weight is 651 g/mol. The number of unbranched alkanes of at least 4 members (excludes halogenated alkanes) is 3. The van der Waals surface area contributed by atoms with Gasteiger partial charge in [-0.15, -0.1) is 0 Å². The van der Waals surface area contributed by atoms with Crippen molar-refractivity contribution in [3.63, 3.8) is 0 Å². The Labute approximate surface area is 246 Å². The third-order valence-corrected chi connectivity index (χ3v) is 22.5. The number of carbonyl (C=O) groups is 2. The van der Waals surface area contributed by atoms with E-state index < -0.39 is 23.8 Å². The summed E-state index contributed by atoms with van der Waals surface area (Å²) in [5.74, 6) is -0.695. The molecule has 4 nitrogen and oxygen atoms in total. The third-order valence-electron chi connectivity index (χ3n) is 8.21. The Hall–Kier alpha value is -2.34. The van der Waals surface area contributed by atoms with Gasteiger partial charge in [-0.1, -0.05) is 0 Å². The molecule has 0 aromatic heterocycles. The van der Waals surface area contributed by atoms with Crippen molar-refractivity contribution in [1.29, 1.82) is 0 Å². The first kappa shape index (κ1) is 32.2. The molecule has 0 saturated heterocycles. The van der Waals surface area contributed by atoms with Gasteiger partial charge in [0.25, 0.3) is 0 Å². The molecule has 2 aromatic carbocycles. The first-order valence-electron chi connectivity index (χ1n) is 15.2. The minimum absolute atomic E-state index is 0.195. The van der Waals surface area contributed by atoms with Gasteiger partial charge in [0.1, 0.15) is 0 Å². The number of esters is 2. The van der Waals surface area contributed by atoms with Crippen LogP contribution in [0.5, 0.6) is 0 Å². The summed E-state index contributed by atoms with van der Waals surface area (Å²) in [6.45, 7) is 11.8. The number of rotatable bonds is 16. The first-order valence-corrected chi connectivity index (χ1v) is 22.9. The van der Waals surface area contributed by atoms with Gasteiger partial charge in [-0.2, -0.15) is 0 Å². The Kier molecular flexibility index (Phi) is 13.0. The molecule has 2 aromatic rings. The van der Waals surface area contributed by atoms with Gasteiger partial charge in [-0.05, 0) is 0 Å². The molecule has 0 atom stereocenters. The van der Waals surface area contributed by atoms with E-state index in [0.717, 1.165) is 12.0 Å². The van der Waals surface area contributed by atoms with Crippen molar-refractivity contribution in [2.75, 3.05) is 13.2 Å². The van der Waals surface area contributed by atoms with Gasteiger partial charge in [-0.3, -0.25) is 0 Å². The van der Waals surface area contributed by atoms with Crippen LogP contribution in [0.4, 0.5) is 0 Å². The van der Waals surface area contributed by atoms with E-state index in [4.69, 9.17) is 9.47 Å². The van der Waals surface area contributed by atoms with Crippen LogP contribution in [0.25, 0.3) is 0 Å². The molecule has 0 heterocycles. The van der Waals surface area contributed by atoms with Gasteiger partial charge in [0.15, 0.2) is 0 Å². The molecule has 0 bridgehead atoms. The molecule has 3 rings (SSSR count). The van der Waals surface area contributed by atoms with E-state index in [2.05, 4.69) is 31.4 Å². The van der Waals surface area contributed by atoms with Crippen molar-refractivity contribution >= 4 is 30.3 Å². The third kappa shape index (κ3) is 9.36. The summed E-state index contributed by atoms with van der Waals surface area (Å²) < 4.78 is 18.7. The molecular formula is C35H48O4Sn. The molecule has 0 N–H and O–H groups in total. The second kappa shape index (κ2) is 16.2. The first-order chi connectivity index (χ1) is 19.4. The second-order valence-corrected chi connectivity index (χ2v) is 24.6. The van der Waals surface area contributed by atoms with Gasteiger partial charge in [0.2, 0.25) is 0 Å². The molecule has 1 aliphatic rings. The van der Waals surface area contributed by atoms with Crippen LogP contribution in [-0.4, -0.2) is 43.5 Å². The summed E-state index contributed by atoms with van der Waals surface area (Å²) in [5, 5.41) is 0. The van der Waals surface area contributed by atoms with E-state index in [1.54, 1.807) is 24.3 Å². The second-order valence-electron chi connectivity index (χ2n) is 11.7. The van der Waals surface area contributed by atoms with Crippen LogP contribution in [0.15, 0.2) is 82.5 Å². The molecular weight excluding hydrogens is 603 g/mol. The number of benzene rings is 2. The molecule has 0 amide bonds. The van der Waals surface area contributed by atoms with Crippen molar-refractivity contribution in [1.82, 2.24) is 0 Å². The van der Waals surface area contributed by atoms with Crippen LogP contribution >= 0.6 is 0 Å². The average Bonchev–Trinajstić information content (AvgIpc) is 3.30. The molecule has 5 heteroatoms. The molecule has 216 valence electrons. The van der Waals surface area contributed by atoms with Gasteiger partial charge in [-0.25, -0.2) is 0 Å².